The molecular weight excluding hydrogens is 218 g/mol. The quantitative estimate of drug-likeness (QED) is 0.642. The maximum absolute atomic E-state index is 11.8. The van der Waals surface area contributed by atoms with Crippen LogP contribution in [0.15, 0.2) is 0 Å². The van der Waals surface area contributed by atoms with E-state index in [1.54, 1.807) is 0 Å². The SMILES string of the molecule is CC(NC1CCCNC(=O)C1)C(=O)NC1CC1. The molecule has 3 N–H and O–H groups in total. The van der Waals surface area contributed by atoms with Crippen molar-refractivity contribution in [2.75, 3.05) is 6.54 Å². The van der Waals surface area contributed by atoms with Gasteiger partial charge in [-0.15, -0.1) is 0 Å². The van der Waals surface area contributed by atoms with Gasteiger partial charge in [-0.25, -0.2) is 0 Å². The summed E-state index contributed by atoms with van der Waals surface area (Å²) in [4.78, 5) is 23.1. The Morgan fingerprint density at radius 2 is 2.12 bits per heavy atom. The first kappa shape index (κ1) is 12.4. The number of carbonyl (C=O) groups is 2. The Balaban J connectivity index is 1.77. The predicted molar refractivity (Wildman–Crippen MR) is 64.4 cm³/mol. The van der Waals surface area contributed by atoms with Gasteiger partial charge in [-0.2, -0.15) is 0 Å². The number of carbonyl (C=O) groups excluding carboxylic acids is 2. The second kappa shape index (κ2) is 5.49. The summed E-state index contributed by atoms with van der Waals surface area (Å²) >= 11 is 0. The lowest BCUT2D eigenvalue weighted by Crippen LogP contribution is -2.47. The third kappa shape index (κ3) is 4.00. The van der Waals surface area contributed by atoms with Gasteiger partial charge >= 0.3 is 0 Å². The van der Waals surface area contributed by atoms with E-state index in [1.807, 2.05) is 6.92 Å². The van der Waals surface area contributed by atoms with Gasteiger partial charge in [-0.3, -0.25) is 9.59 Å². The van der Waals surface area contributed by atoms with Gasteiger partial charge in [0.15, 0.2) is 0 Å². The van der Waals surface area contributed by atoms with Gasteiger partial charge in [0.05, 0.1) is 6.04 Å². The lowest BCUT2D eigenvalue weighted by molar-refractivity contribution is -0.124. The van der Waals surface area contributed by atoms with Crippen LogP contribution in [0.5, 0.6) is 0 Å². The first-order chi connectivity index (χ1) is 8.15. The summed E-state index contributed by atoms with van der Waals surface area (Å²) in [7, 11) is 0. The minimum atomic E-state index is -0.216. The van der Waals surface area contributed by atoms with Crippen molar-refractivity contribution in [1.82, 2.24) is 16.0 Å². The number of hydrogen-bond donors (Lipinski definition) is 3. The largest absolute Gasteiger partial charge is 0.356 e. The highest BCUT2D eigenvalue weighted by Crippen LogP contribution is 2.18. The van der Waals surface area contributed by atoms with Crippen molar-refractivity contribution < 1.29 is 9.59 Å². The zero-order valence-corrected chi connectivity index (χ0v) is 10.3. The molecule has 2 fully saturated rings. The summed E-state index contributed by atoms with van der Waals surface area (Å²) in [6, 6.07) is 0.299. The Kier molecular flexibility index (Phi) is 3.99. The molecule has 0 aromatic carbocycles. The Morgan fingerprint density at radius 1 is 1.35 bits per heavy atom. The molecule has 0 bridgehead atoms. The average molecular weight is 239 g/mol. The van der Waals surface area contributed by atoms with Gasteiger partial charge in [-0.05, 0) is 32.6 Å². The molecule has 2 rings (SSSR count). The maximum atomic E-state index is 11.8. The molecule has 1 aliphatic heterocycles. The van der Waals surface area contributed by atoms with E-state index in [0.29, 0.717) is 12.5 Å². The smallest absolute Gasteiger partial charge is 0.237 e. The van der Waals surface area contributed by atoms with E-state index in [2.05, 4.69) is 16.0 Å². The fourth-order valence-corrected chi connectivity index (χ4v) is 2.10. The van der Waals surface area contributed by atoms with Gasteiger partial charge < -0.3 is 16.0 Å². The van der Waals surface area contributed by atoms with Crippen LogP contribution in [-0.4, -0.2) is 36.5 Å². The number of hydrogen-bond acceptors (Lipinski definition) is 3. The van der Waals surface area contributed by atoms with Crippen LogP contribution < -0.4 is 16.0 Å². The Bertz CT molecular complexity index is 302. The van der Waals surface area contributed by atoms with Crippen LogP contribution in [0.3, 0.4) is 0 Å². The Hall–Kier alpha value is -1.10. The van der Waals surface area contributed by atoms with E-state index in [-0.39, 0.29) is 23.9 Å². The van der Waals surface area contributed by atoms with Crippen LogP contribution in [0.25, 0.3) is 0 Å². The summed E-state index contributed by atoms with van der Waals surface area (Å²) in [5.74, 6) is 0.131. The van der Waals surface area contributed by atoms with Crippen molar-refractivity contribution >= 4 is 11.8 Å². The van der Waals surface area contributed by atoms with E-state index >= 15 is 0 Å². The minimum absolute atomic E-state index is 0.0529. The molecule has 2 amide bonds. The predicted octanol–water partition coefficient (Wildman–Crippen LogP) is -0.0882. The Labute approximate surface area is 102 Å². The van der Waals surface area contributed by atoms with Crippen molar-refractivity contribution in [2.45, 2.75) is 57.2 Å². The molecule has 5 nitrogen and oxygen atoms in total. The second-order valence-electron chi connectivity index (χ2n) is 5.06. The third-order valence-corrected chi connectivity index (χ3v) is 3.29. The van der Waals surface area contributed by atoms with Crippen molar-refractivity contribution in [1.29, 1.82) is 0 Å². The summed E-state index contributed by atoms with van der Waals surface area (Å²) in [5, 5.41) is 9.06. The summed E-state index contributed by atoms with van der Waals surface area (Å²) in [5.41, 5.74) is 0. The minimum Gasteiger partial charge on any atom is -0.356 e. The van der Waals surface area contributed by atoms with Crippen molar-refractivity contribution in [3.05, 3.63) is 0 Å². The Morgan fingerprint density at radius 3 is 2.82 bits per heavy atom. The lowest BCUT2D eigenvalue weighted by Gasteiger charge is -2.20. The molecule has 0 aromatic rings. The van der Waals surface area contributed by atoms with Crippen LogP contribution in [0.2, 0.25) is 0 Å². The molecule has 17 heavy (non-hydrogen) atoms. The zero-order valence-electron chi connectivity index (χ0n) is 10.3. The van der Waals surface area contributed by atoms with Gasteiger partial charge in [0, 0.05) is 25.0 Å². The fraction of sp³-hybridized carbons (Fsp3) is 0.833. The summed E-state index contributed by atoms with van der Waals surface area (Å²) < 4.78 is 0. The number of rotatable bonds is 4. The van der Waals surface area contributed by atoms with Crippen molar-refractivity contribution in [3.63, 3.8) is 0 Å². The van der Waals surface area contributed by atoms with E-state index < -0.39 is 0 Å². The number of nitrogens with one attached hydrogen (secondary N) is 3. The highest BCUT2D eigenvalue weighted by atomic mass is 16.2. The lowest BCUT2D eigenvalue weighted by atomic mass is 10.1. The maximum Gasteiger partial charge on any atom is 0.237 e. The first-order valence-corrected chi connectivity index (χ1v) is 6.48. The molecule has 96 valence electrons. The molecule has 1 saturated carbocycles. The van der Waals surface area contributed by atoms with Crippen LogP contribution in [0.4, 0.5) is 0 Å². The van der Waals surface area contributed by atoms with Gasteiger partial charge in [-0.1, -0.05) is 0 Å². The average Bonchev–Trinajstić information content (AvgIpc) is 3.07. The van der Waals surface area contributed by atoms with Crippen LogP contribution in [0, 0.1) is 0 Å². The number of amides is 2. The molecule has 0 spiro atoms. The standard InChI is InChI=1S/C12H21N3O2/c1-8(12(17)15-9-4-5-9)14-10-3-2-6-13-11(16)7-10/h8-10,14H,2-7H2,1H3,(H,13,16)(H,15,17). The molecule has 1 heterocycles. The van der Waals surface area contributed by atoms with Crippen LogP contribution >= 0.6 is 0 Å². The highest BCUT2D eigenvalue weighted by molar-refractivity contribution is 5.82. The highest BCUT2D eigenvalue weighted by Gasteiger charge is 2.27. The van der Waals surface area contributed by atoms with Gasteiger partial charge in [0.25, 0.3) is 0 Å². The van der Waals surface area contributed by atoms with Crippen molar-refractivity contribution in [2.24, 2.45) is 0 Å². The molecular formula is C12H21N3O2. The molecule has 2 unspecified atom stereocenters. The first-order valence-electron chi connectivity index (χ1n) is 6.48. The monoisotopic (exact) mass is 239 g/mol. The molecule has 2 aliphatic rings. The third-order valence-electron chi connectivity index (χ3n) is 3.29. The van der Waals surface area contributed by atoms with Gasteiger partial charge in [0.1, 0.15) is 0 Å². The van der Waals surface area contributed by atoms with E-state index in [1.165, 1.54) is 0 Å². The van der Waals surface area contributed by atoms with Crippen LogP contribution in [-0.2, 0) is 9.59 Å². The van der Waals surface area contributed by atoms with E-state index in [0.717, 1.165) is 32.2 Å². The molecule has 0 radical (unpaired) electrons. The van der Waals surface area contributed by atoms with Crippen molar-refractivity contribution in [3.8, 4) is 0 Å². The molecule has 5 heteroatoms. The molecule has 2 atom stereocenters. The molecule has 1 aliphatic carbocycles. The molecule has 1 saturated heterocycles. The molecule has 0 aromatic heterocycles. The van der Waals surface area contributed by atoms with Crippen LogP contribution in [0.1, 0.15) is 39.0 Å². The topological polar surface area (TPSA) is 70.2 Å². The fourth-order valence-electron chi connectivity index (χ4n) is 2.10. The van der Waals surface area contributed by atoms with Gasteiger partial charge in [0.2, 0.25) is 11.8 Å². The van der Waals surface area contributed by atoms with E-state index in [9.17, 15) is 9.59 Å². The van der Waals surface area contributed by atoms with E-state index in [4.69, 9.17) is 0 Å². The zero-order chi connectivity index (χ0) is 12.3. The summed E-state index contributed by atoms with van der Waals surface area (Å²) in [6.07, 6.45) is 4.59. The summed E-state index contributed by atoms with van der Waals surface area (Å²) in [6.45, 7) is 2.61. The normalized spacial score (nSPS) is 26.9. The second-order valence-corrected chi connectivity index (χ2v) is 5.06.